The first-order valence-corrected chi connectivity index (χ1v) is 8.75. The lowest BCUT2D eigenvalue weighted by molar-refractivity contribution is -0.148. The van der Waals surface area contributed by atoms with Gasteiger partial charge in [0.15, 0.2) is 0 Å². The fraction of sp³-hybridized carbons (Fsp3) is 0.778. The highest BCUT2D eigenvalue weighted by Gasteiger charge is 2.13. The number of carbonyl (C=O) groups is 2. The highest BCUT2D eigenvalue weighted by atomic mass is 16.6. The number of carbonyl (C=O) groups excluding carboxylic acids is 1. The zero-order valence-corrected chi connectivity index (χ0v) is 14.2. The average molecular weight is 312 g/mol. The lowest BCUT2D eigenvalue weighted by Crippen LogP contribution is -2.11. The molecule has 0 fully saturated rings. The van der Waals surface area contributed by atoms with Crippen LogP contribution >= 0.6 is 0 Å². The van der Waals surface area contributed by atoms with Gasteiger partial charge < -0.3 is 9.84 Å². The Balaban J connectivity index is 3.91. The van der Waals surface area contributed by atoms with Gasteiger partial charge in [-0.25, -0.2) is 4.79 Å². The number of allylic oxidation sites excluding steroid dienone is 1. The molecule has 0 heterocycles. The van der Waals surface area contributed by atoms with E-state index in [1.54, 1.807) is 0 Å². The molecule has 22 heavy (non-hydrogen) atoms. The first-order chi connectivity index (χ1) is 10.6. The van der Waals surface area contributed by atoms with E-state index in [4.69, 9.17) is 9.84 Å². The molecule has 0 radical (unpaired) electrons. The molecule has 1 N–H and O–H groups in total. The van der Waals surface area contributed by atoms with Gasteiger partial charge in [-0.15, -0.1) is 0 Å². The molecule has 0 aliphatic heterocycles. The second kappa shape index (κ2) is 14.6. The van der Waals surface area contributed by atoms with Crippen LogP contribution in [0.5, 0.6) is 0 Å². The van der Waals surface area contributed by atoms with Crippen LogP contribution in [0.15, 0.2) is 11.8 Å². The Hall–Kier alpha value is -1.32. The van der Waals surface area contributed by atoms with Crippen molar-refractivity contribution >= 4 is 11.9 Å². The SMILES string of the molecule is CCCCCCCCCC=C(OC(=O)CCCCC)C(=O)O. The van der Waals surface area contributed by atoms with Crippen molar-refractivity contribution in [1.82, 2.24) is 0 Å². The van der Waals surface area contributed by atoms with Gasteiger partial charge in [-0.05, 0) is 25.3 Å². The van der Waals surface area contributed by atoms with Crippen molar-refractivity contribution in [2.45, 2.75) is 90.9 Å². The maximum Gasteiger partial charge on any atom is 0.371 e. The summed E-state index contributed by atoms with van der Waals surface area (Å²) in [4.78, 5) is 22.6. The molecule has 128 valence electrons. The molecule has 0 unspecified atom stereocenters. The number of carboxylic acids is 1. The second-order valence-electron chi connectivity index (χ2n) is 5.71. The van der Waals surface area contributed by atoms with E-state index in [1.807, 2.05) is 0 Å². The normalized spacial score (nSPS) is 11.5. The van der Waals surface area contributed by atoms with Crippen molar-refractivity contribution in [2.24, 2.45) is 0 Å². The summed E-state index contributed by atoms with van der Waals surface area (Å²) in [6.45, 7) is 4.25. The topological polar surface area (TPSA) is 63.6 Å². The van der Waals surface area contributed by atoms with Gasteiger partial charge >= 0.3 is 11.9 Å². The van der Waals surface area contributed by atoms with Crippen LogP contribution in [0.1, 0.15) is 90.9 Å². The maximum absolute atomic E-state index is 11.5. The zero-order chi connectivity index (χ0) is 16.6. The van der Waals surface area contributed by atoms with Crippen molar-refractivity contribution in [1.29, 1.82) is 0 Å². The molecular formula is C18H32O4. The third kappa shape index (κ3) is 12.4. The van der Waals surface area contributed by atoms with Crippen molar-refractivity contribution in [2.75, 3.05) is 0 Å². The summed E-state index contributed by atoms with van der Waals surface area (Å²) in [7, 11) is 0. The van der Waals surface area contributed by atoms with Crippen LogP contribution in [0, 0.1) is 0 Å². The molecule has 0 aromatic rings. The van der Waals surface area contributed by atoms with Gasteiger partial charge in [0.25, 0.3) is 0 Å². The number of ether oxygens (including phenoxy) is 1. The number of rotatable bonds is 14. The van der Waals surface area contributed by atoms with Gasteiger partial charge in [-0.1, -0.05) is 65.2 Å². The van der Waals surface area contributed by atoms with Crippen LogP contribution in [-0.2, 0) is 14.3 Å². The smallest absolute Gasteiger partial charge is 0.371 e. The monoisotopic (exact) mass is 312 g/mol. The summed E-state index contributed by atoms with van der Waals surface area (Å²) in [6, 6.07) is 0. The molecule has 4 heteroatoms. The molecule has 0 aromatic carbocycles. The highest BCUT2D eigenvalue weighted by Crippen LogP contribution is 2.11. The Morgan fingerprint density at radius 1 is 0.864 bits per heavy atom. The molecule has 0 atom stereocenters. The molecular weight excluding hydrogens is 280 g/mol. The zero-order valence-electron chi connectivity index (χ0n) is 14.2. The van der Waals surface area contributed by atoms with Gasteiger partial charge in [-0.3, -0.25) is 4.79 Å². The minimum absolute atomic E-state index is 0.215. The van der Waals surface area contributed by atoms with Crippen LogP contribution in [-0.4, -0.2) is 17.0 Å². The number of unbranched alkanes of at least 4 members (excludes halogenated alkanes) is 9. The minimum Gasteiger partial charge on any atom is -0.475 e. The molecule has 0 rings (SSSR count). The lowest BCUT2D eigenvalue weighted by atomic mass is 10.1. The van der Waals surface area contributed by atoms with Crippen LogP contribution < -0.4 is 0 Å². The van der Waals surface area contributed by atoms with Gasteiger partial charge in [-0.2, -0.15) is 0 Å². The quantitative estimate of drug-likeness (QED) is 0.207. The van der Waals surface area contributed by atoms with Gasteiger partial charge in [0, 0.05) is 6.42 Å². The molecule has 0 bridgehead atoms. The summed E-state index contributed by atoms with van der Waals surface area (Å²) in [5.74, 6) is -1.82. The van der Waals surface area contributed by atoms with Gasteiger partial charge in [0.1, 0.15) is 0 Å². The van der Waals surface area contributed by atoms with E-state index in [0.717, 1.165) is 32.1 Å². The maximum atomic E-state index is 11.5. The molecule has 0 aliphatic carbocycles. The third-order valence-corrected chi connectivity index (χ3v) is 3.56. The van der Waals surface area contributed by atoms with Crippen molar-refractivity contribution < 1.29 is 19.4 Å². The standard InChI is InChI=1S/C18H32O4/c1-3-5-7-8-9-10-11-13-14-16(18(20)21)22-17(19)15-12-6-4-2/h14H,3-13,15H2,1-2H3,(H,20,21). The molecule has 0 amide bonds. The summed E-state index contributed by atoms with van der Waals surface area (Å²) in [5, 5.41) is 9.05. The fourth-order valence-corrected chi connectivity index (χ4v) is 2.20. The molecule has 0 aliphatic rings. The Morgan fingerprint density at radius 3 is 2.00 bits per heavy atom. The molecule has 0 aromatic heterocycles. The number of aliphatic carboxylic acids is 1. The minimum atomic E-state index is -1.16. The summed E-state index contributed by atoms with van der Waals surface area (Å²) >= 11 is 0. The average Bonchev–Trinajstić information content (AvgIpc) is 2.48. The van der Waals surface area contributed by atoms with E-state index in [0.29, 0.717) is 6.42 Å². The van der Waals surface area contributed by atoms with E-state index in [1.165, 1.54) is 38.2 Å². The van der Waals surface area contributed by atoms with E-state index < -0.39 is 11.9 Å². The van der Waals surface area contributed by atoms with Crippen molar-refractivity contribution in [3.8, 4) is 0 Å². The van der Waals surface area contributed by atoms with Gasteiger partial charge in [0.2, 0.25) is 5.76 Å². The van der Waals surface area contributed by atoms with E-state index in [2.05, 4.69) is 13.8 Å². The number of carboxylic acid groups (broad SMARTS) is 1. The molecule has 0 spiro atoms. The first-order valence-electron chi connectivity index (χ1n) is 8.75. The highest BCUT2D eigenvalue weighted by molar-refractivity contribution is 5.87. The Kier molecular flexibility index (Phi) is 13.7. The van der Waals surface area contributed by atoms with Crippen molar-refractivity contribution in [3.05, 3.63) is 11.8 Å². The predicted molar refractivity (Wildman–Crippen MR) is 88.6 cm³/mol. The van der Waals surface area contributed by atoms with Gasteiger partial charge in [0.05, 0.1) is 0 Å². The number of hydrogen-bond donors (Lipinski definition) is 1. The number of hydrogen-bond acceptors (Lipinski definition) is 3. The van der Waals surface area contributed by atoms with Crippen LogP contribution in [0.2, 0.25) is 0 Å². The summed E-state index contributed by atoms with van der Waals surface area (Å²) in [6.07, 6.45) is 13.5. The first kappa shape index (κ1) is 20.7. The Morgan fingerprint density at radius 2 is 1.41 bits per heavy atom. The number of esters is 1. The van der Waals surface area contributed by atoms with E-state index in [-0.39, 0.29) is 12.2 Å². The summed E-state index contributed by atoms with van der Waals surface area (Å²) < 4.78 is 4.94. The van der Waals surface area contributed by atoms with Crippen LogP contribution in [0.25, 0.3) is 0 Å². The summed E-state index contributed by atoms with van der Waals surface area (Å²) in [5.41, 5.74) is 0. The van der Waals surface area contributed by atoms with E-state index in [9.17, 15) is 9.59 Å². The predicted octanol–water partition coefficient (Wildman–Crippen LogP) is 5.22. The molecule has 0 saturated heterocycles. The Bertz CT molecular complexity index is 334. The van der Waals surface area contributed by atoms with Crippen LogP contribution in [0.3, 0.4) is 0 Å². The Labute approximate surface area is 134 Å². The van der Waals surface area contributed by atoms with Crippen molar-refractivity contribution in [3.63, 3.8) is 0 Å². The second-order valence-corrected chi connectivity index (χ2v) is 5.71. The largest absolute Gasteiger partial charge is 0.475 e. The molecule has 4 nitrogen and oxygen atoms in total. The van der Waals surface area contributed by atoms with E-state index >= 15 is 0 Å². The lowest BCUT2D eigenvalue weighted by Gasteiger charge is -2.05. The third-order valence-electron chi connectivity index (χ3n) is 3.56. The fourth-order valence-electron chi connectivity index (χ4n) is 2.20. The molecule has 0 saturated carbocycles. The van der Waals surface area contributed by atoms with Crippen LogP contribution in [0.4, 0.5) is 0 Å².